The number of primary amides is 1. The Morgan fingerprint density at radius 3 is 2.71 bits per heavy atom. The number of hydrogen-bond acceptors (Lipinski definition) is 5. The first kappa shape index (κ1) is 17.6. The Kier molecular flexibility index (Phi) is 7.31. The highest BCUT2D eigenvalue weighted by atomic mass is 16.3. The first-order chi connectivity index (χ1) is 10.0. The van der Waals surface area contributed by atoms with E-state index in [0.29, 0.717) is 32.4 Å². The van der Waals surface area contributed by atoms with E-state index in [0.717, 1.165) is 17.4 Å². The third kappa shape index (κ3) is 4.78. The van der Waals surface area contributed by atoms with Gasteiger partial charge in [-0.05, 0) is 26.3 Å². The molecule has 1 saturated heterocycles. The van der Waals surface area contributed by atoms with Gasteiger partial charge in [0.05, 0.1) is 0 Å². The number of carbonyl (C=O) groups excluding carboxylic acids is 2. The van der Waals surface area contributed by atoms with Gasteiger partial charge in [0.25, 0.3) is 6.23 Å². The molecule has 2 amide bonds. The highest BCUT2D eigenvalue weighted by Gasteiger charge is 2.41. The normalized spacial score (nSPS) is 20.9. The van der Waals surface area contributed by atoms with Crippen molar-refractivity contribution in [3.05, 3.63) is 0 Å². The lowest BCUT2D eigenvalue weighted by Crippen LogP contribution is -2.62. The summed E-state index contributed by atoms with van der Waals surface area (Å²) in [7, 11) is 1.77. The summed E-state index contributed by atoms with van der Waals surface area (Å²) >= 11 is 0. The average Bonchev–Trinajstić information content (AvgIpc) is 2.45. The summed E-state index contributed by atoms with van der Waals surface area (Å²) in [5, 5.41) is 18.9. The molecular formula is C13H25N4O4+. The number of rotatable bonds is 7. The number of nitrogens with zero attached hydrogens (tertiary/aromatic N) is 3. The Morgan fingerprint density at radius 2 is 2.14 bits per heavy atom. The van der Waals surface area contributed by atoms with E-state index in [2.05, 4.69) is 0 Å². The maximum Gasteiger partial charge on any atom is 0.429 e. The number of urea groups is 1. The molecule has 1 fully saturated rings. The van der Waals surface area contributed by atoms with Gasteiger partial charge in [0.2, 0.25) is 0 Å². The monoisotopic (exact) mass is 301 g/mol. The zero-order valence-corrected chi connectivity index (χ0v) is 12.4. The molecule has 1 aliphatic heterocycles. The van der Waals surface area contributed by atoms with Gasteiger partial charge in [0.15, 0.2) is 0 Å². The lowest BCUT2D eigenvalue weighted by atomic mass is 10.2. The predicted molar refractivity (Wildman–Crippen MR) is 74.8 cm³/mol. The van der Waals surface area contributed by atoms with E-state index in [9.17, 15) is 14.7 Å². The second kappa shape index (κ2) is 8.74. The van der Waals surface area contributed by atoms with Crippen LogP contribution in [0, 0.1) is 0 Å². The maximum absolute atomic E-state index is 11.5. The molecule has 120 valence electrons. The topological polar surface area (TPSA) is 110 Å². The SMILES string of the molecule is CN1CCCN(C(N)=O)C1[N+](=C=O)C(O)CCCCCO. The number of nitrogens with two attached hydrogens (primary N) is 1. The van der Waals surface area contributed by atoms with Gasteiger partial charge in [-0.2, -0.15) is 4.79 Å². The Hall–Kier alpha value is -1.47. The molecule has 21 heavy (non-hydrogen) atoms. The summed E-state index contributed by atoms with van der Waals surface area (Å²) in [6.07, 6.45) is 3.21. The molecule has 2 unspecified atom stereocenters. The van der Waals surface area contributed by atoms with Crippen molar-refractivity contribution >= 4 is 12.1 Å². The molecule has 0 radical (unpaired) electrons. The number of isocyanates is 1. The Labute approximate surface area is 124 Å². The Bertz CT molecular complexity index is 398. The molecule has 1 heterocycles. The van der Waals surface area contributed by atoms with Crippen LogP contribution in [0.15, 0.2) is 0 Å². The Balaban J connectivity index is 2.75. The summed E-state index contributed by atoms with van der Waals surface area (Å²) in [6.45, 7) is 1.25. The third-order valence-electron chi connectivity index (χ3n) is 3.66. The van der Waals surface area contributed by atoms with Crippen molar-refractivity contribution in [1.82, 2.24) is 9.80 Å². The smallest absolute Gasteiger partial charge is 0.396 e. The number of amides is 2. The largest absolute Gasteiger partial charge is 0.429 e. The van der Waals surface area contributed by atoms with Gasteiger partial charge in [-0.3, -0.25) is 4.90 Å². The first-order valence-corrected chi connectivity index (χ1v) is 7.24. The molecule has 0 saturated carbocycles. The van der Waals surface area contributed by atoms with Crippen molar-refractivity contribution in [2.45, 2.75) is 44.6 Å². The molecule has 2 atom stereocenters. The molecule has 8 heteroatoms. The van der Waals surface area contributed by atoms with Gasteiger partial charge < -0.3 is 15.9 Å². The zero-order valence-electron chi connectivity index (χ0n) is 12.4. The van der Waals surface area contributed by atoms with Gasteiger partial charge >= 0.3 is 18.4 Å². The number of unbranched alkanes of at least 4 members (excludes halogenated alkanes) is 2. The van der Waals surface area contributed by atoms with Crippen molar-refractivity contribution in [3.63, 3.8) is 0 Å². The molecule has 8 nitrogen and oxygen atoms in total. The van der Waals surface area contributed by atoms with Crippen LogP contribution in [-0.2, 0) is 4.79 Å². The highest BCUT2D eigenvalue weighted by Crippen LogP contribution is 2.16. The van der Waals surface area contributed by atoms with Crippen molar-refractivity contribution < 1.29 is 24.4 Å². The molecule has 1 rings (SSSR count). The van der Waals surface area contributed by atoms with Crippen molar-refractivity contribution in [3.8, 4) is 0 Å². The van der Waals surface area contributed by atoms with Gasteiger partial charge in [0.1, 0.15) is 0 Å². The van der Waals surface area contributed by atoms with Crippen LogP contribution < -0.4 is 5.73 Å². The summed E-state index contributed by atoms with van der Waals surface area (Å²) < 4.78 is 1.10. The summed E-state index contributed by atoms with van der Waals surface area (Å²) in [6, 6.07) is -0.626. The lowest BCUT2D eigenvalue weighted by Gasteiger charge is -2.37. The van der Waals surface area contributed by atoms with Gasteiger partial charge in [0, 0.05) is 26.1 Å². The van der Waals surface area contributed by atoms with Gasteiger partial charge in [-0.15, -0.1) is 0 Å². The van der Waals surface area contributed by atoms with Crippen molar-refractivity contribution in [2.75, 3.05) is 26.7 Å². The van der Waals surface area contributed by atoms with Gasteiger partial charge in [-0.25, -0.2) is 9.69 Å². The van der Waals surface area contributed by atoms with Crippen LogP contribution in [0.5, 0.6) is 0 Å². The third-order valence-corrected chi connectivity index (χ3v) is 3.66. The fourth-order valence-corrected chi connectivity index (χ4v) is 2.56. The standard InChI is InChI=1S/C13H24N4O4/c1-15-7-5-8-16(12(14)21)13(15)17(10-19)11(20)6-3-2-4-9-18/h11,13,18,20H,2-9H2,1H3,(H-,14,21)/p+1. The van der Waals surface area contributed by atoms with E-state index < -0.39 is 18.5 Å². The molecule has 4 N–H and O–H groups in total. The first-order valence-electron chi connectivity index (χ1n) is 7.24. The molecule has 0 aromatic carbocycles. The number of carbonyl (C=O) groups is 1. The minimum Gasteiger partial charge on any atom is -0.396 e. The fourth-order valence-electron chi connectivity index (χ4n) is 2.56. The van der Waals surface area contributed by atoms with Crippen molar-refractivity contribution in [1.29, 1.82) is 0 Å². The molecule has 0 aromatic heterocycles. The summed E-state index contributed by atoms with van der Waals surface area (Å²) in [5.74, 6) is 0. The predicted octanol–water partition coefficient (Wildman–Crippen LogP) is -0.794. The number of aliphatic hydroxyl groups is 2. The van der Waals surface area contributed by atoms with Gasteiger partial charge in [-0.1, -0.05) is 11.0 Å². The molecule has 1 aliphatic rings. The average molecular weight is 301 g/mol. The van der Waals surface area contributed by atoms with E-state index in [-0.39, 0.29) is 6.61 Å². The number of hydrogen-bond donors (Lipinski definition) is 3. The maximum atomic E-state index is 11.5. The second-order valence-corrected chi connectivity index (χ2v) is 5.26. The zero-order chi connectivity index (χ0) is 15.8. The minimum atomic E-state index is -1.03. The van der Waals surface area contributed by atoms with Crippen LogP contribution in [0.25, 0.3) is 0 Å². The minimum absolute atomic E-state index is 0.112. The van der Waals surface area contributed by atoms with Crippen LogP contribution in [0.3, 0.4) is 0 Å². The number of aliphatic hydroxyl groups excluding tert-OH is 2. The van der Waals surface area contributed by atoms with Crippen LogP contribution in [0.1, 0.15) is 32.1 Å². The Morgan fingerprint density at radius 1 is 1.43 bits per heavy atom. The molecular weight excluding hydrogens is 276 g/mol. The van der Waals surface area contributed by atoms with Crippen molar-refractivity contribution in [2.24, 2.45) is 5.73 Å². The van der Waals surface area contributed by atoms with E-state index in [1.54, 1.807) is 18.0 Å². The van der Waals surface area contributed by atoms with E-state index in [4.69, 9.17) is 10.8 Å². The molecule has 0 aliphatic carbocycles. The summed E-state index contributed by atoms with van der Waals surface area (Å²) in [5.41, 5.74) is 5.35. The molecule has 0 bridgehead atoms. The molecule has 0 spiro atoms. The quantitative estimate of drug-likeness (QED) is 0.188. The van der Waals surface area contributed by atoms with Crippen LogP contribution in [0.2, 0.25) is 0 Å². The lowest BCUT2D eigenvalue weighted by molar-refractivity contribution is -0.675. The van der Waals surface area contributed by atoms with Crippen LogP contribution in [0.4, 0.5) is 4.79 Å². The fraction of sp³-hybridized carbons (Fsp3) is 0.846. The van der Waals surface area contributed by atoms with E-state index >= 15 is 0 Å². The molecule has 0 aromatic rings. The van der Waals surface area contributed by atoms with E-state index in [1.807, 2.05) is 0 Å². The second-order valence-electron chi connectivity index (χ2n) is 5.26. The highest BCUT2D eigenvalue weighted by molar-refractivity contribution is 5.72. The summed E-state index contributed by atoms with van der Waals surface area (Å²) in [4.78, 5) is 25.9. The van der Waals surface area contributed by atoms with E-state index in [1.165, 1.54) is 4.90 Å². The van der Waals surface area contributed by atoms with Crippen LogP contribution >= 0.6 is 0 Å². The van der Waals surface area contributed by atoms with Crippen LogP contribution in [-0.4, -0.2) is 76.0 Å².